The van der Waals surface area contributed by atoms with Crippen LogP contribution in [-0.2, 0) is 0 Å². The van der Waals surface area contributed by atoms with Gasteiger partial charge in [0.05, 0.1) is 16.2 Å². The molecule has 0 aliphatic carbocycles. The molecular weight excluding hydrogens is 308 g/mol. The Morgan fingerprint density at radius 2 is 1.95 bits per heavy atom. The van der Waals surface area contributed by atoms with Gasteiger partial charge in [0.1, 0.15) is 0 Å². The van der Waals surface area contributed by atoms with E-state index in [0.717, 1.165) is 23.6 Å². The summed E-state index contributed by atoms with van der Waals surface area (Å²) in [5, 5.41) is 12.6. The minimum Gasteiger partial charge on any atom is -0.388 e. The first-order valence-corrected chi connectivity index (χ1v) is 7.67. The van der Waals surface area contributed by atoms with Crippen molar-refractivity contribution in [3.8, 4) is 0 Å². The van der Waals surface area contributed by atoms with Crippen LogP contribution in [0.25, 0.3) is 0 Å². The summed E-state index contributed by atoms with van der Waals surface area (Å²) >= 11 is 7.47. The van der Waals surface area contributed by atoms with E-state index in [1.165, 1.54) is 0 Å². The van der Waals surface area contributed by atoms with Crippen LogP contribution in [0.2, 0.25) is 5.02 Å². The number of hydrogen-bond donors (Lipinski definition) is 2. The predicted octanol–water partition coefficient (Wildman–Crippen LogP) is 2.61. The molecule has 0 bridgehead atoms. The number of carbonyl (C=O) groups excluding carboxylic acids is 1. The fraction of sp³-hybridized carbons (Fsp3) is 0.462. The largest absolute Gasteiger partial charge is 0.388 e. The minimum atomic E-state index is -1.13. The highest BCUT2D eigenvalue weighted by molar-refractivity contribution is 7.99. The van der Waals surface area contributed by atoms with Gasteiger partial charge < -0.3 is 10.4 Å². The molecule has 0 unspecified atom stereocenters. The van der Waals surface area contributed by atoms with Crippen molar-refractivity contribution in [2.24, 2.45) is 0 Å². The SMILES string of the molecule is O=C(NCC1(O)CCSCC1)c1cc(F)c(F)cc1Cl. The van der Waals surface area contributed by atoms with E-state index < -0.39 is 23.1 Å². The molecule has 1 aromatic rings. The van der Waals surface area contributed by atoms with Crippen molar-refractivity contribution in [1.29, 1.82) is 0 Å². The van der Waals surface area contributed by atoms with Gasteiger partial charge in [0.2, 0.25) is 0 Å². The van der Waals surface area contributed by atoms with Crippen molar-refractivity contribution in [3.05, 3.63) is 34.4 Å². The summed E-state index contributed by atoms with van der Waals surface area (Å²) in [6.45, 7) is 0.0711. The Hall–Kier alpha value is -0.850. The van der Waals surface area contributed by atoms with E-state index in [1.807, 2.05) is 0 Å². The summed E-state index contributed by atoms with van der Waals surface area (Å²) in [6.07, 6.45) is 1.17. The molecule has 1 saturated heterocycles. The number of aliphatic hydroxyl groups is 1. The highest BCUT2D eigenvalue weighted by atomic mass is 35.5. The lowest BCUT2D eigenvalue weighted by molar-refractivity contribution is 0.0311. The van der Waals surface area contributed by atoms with Gasteiger partial charge in [-0.1, -0.05) is 11.6 Å². The van der Waals surface area contributed by atoms with Gasteiger partial charge in [0.15, 0.2) is 11.6 Å². The Kier molecular flexibility index (Phi) is 4.88. The Bertz CT molecular complexity index is 521. The molecule has 1 amide bonds. The van der Waals surface area contributed by atoms with Crippen LogP contribution in [0.3, 0.4) is 0 Å². The molecule has 7 heteroatoms. The Morgan fingerprint density at radius 1 is 1.35 bits per heavy atom. The highest BCUT2D eigenvalue weighted by Gasteiger charge is 2.30. The van der Waals surface area contributed by atoms with Gasteiger partial charge in [0, 0.05) is 6.54 Å². The van der Waals surface area contributed by atoms with Gasteiger partial charge in [-0.25, -0.2) is 8.78 Å². The van der Waals surface area contributed by atoms with Crippen molar-refractivity contribution < 1.29 is 18.7 Å². The van der Waals surface area contributed by atoms with Gasteiger partial charge in [-0.15, -0.1) is 0 Å². The Balaban J connectivity index is 2.03. The van der Waals surface area contributed by atoms with Crippen LogP contribution >= 0.6 is 23.4 Å². The zero-order valence-electron chi connectivity index (χ0n) is 10.6. The van der Waals surface area contributed by atoms with E-state index in [1.54, 1.807) is 11.8 Å². The molecule has 20 heavy (non-hydrogen) atoms. The normalized spacial score (nSPS) is 17.8. The predicted molar refractivity (Wildman–Crippen MR) is 75.2 cm³/mol. The van der Waals surface area contributed by atoms with E-state index in [4.69, 9.17) is 11.6 Å². The van der Waals surface area contributed by atoms with Crippen molar-refractivity contribution in [2.75, 3.05) is 18.1 Å². The minimum absolute atomic E-state index is 0.0711. The second kappa shape index (κ2) is 6.28. The average molecular weight is 322 g/mol. The fourth-order valence-corrected chi connectivity index (χ4v) is 3.45. The molecule has 1 fully saturated rings. The average Bonchev–Trinajstić information content (AvgIpc) is 2.41. The number of nitrogens with one attached hydrogen (secondary N) is 1. The maximum absolute atomic E-state index is 13.1. The van der Waals surface area contributed by atoms with Crippen molar-refractivity contribution in [2.45, 2.75) is 18.4 Å². The fourth-order valence-electron chi connectivity index (χ4n) is 1.96. The summed E-state index contributed by atoms with van der Waals surface area (Å²) in [5.41, 5.74) is -1.08. The maximum Gasteiger partial charge on any atom is 0.253 e. The van der Waals surface area contributed by atoms with Gasteiger partial charge in [-0.3, -0.25) is 4.79 Å². The lowest BCUT2D eigenvalue weighted by atomic mass is 9.97. The molecule has 2 rings (SSSR count). The zero-order chi connectivity index (χ0) is 14.8. The first-order chi connectivity index (χ1) is 9.41. The third-order valence-electron chi connectivity index (χ3n) is 3.26. The van der Waals surface area contributed by atoms with Gasteiger partial charge in [-0.2, -0.15) is 11.8 Å². The van der Waals surface area contributed by atoms with E-state index >= 15 is 0 Å². The van der Waals surface area contributed by atoms with E-state index in [2.05, 4.69) is 5.32 Å². The molecule has 0 spiro atoms. The van der Waals surface area contributed by atoms with E-state index in [-0.39, 0.29) is 17.1 Å². The summed E-state index contributed by atoms with van der Waals surface area (Å²) in [4.78, 5) is 11.9. The van der Waals surface area contributed by atoms with Crippen LogP contribution in [0.15, 0.2) is 12.1 Å². The first-order valence-electron chi connectivity index (χ1n) is 6.14. The van der Waals surface area contributed by atoms with Gasteiger partial charge >= 0.3 is 0 Å². The molecule has 2 N–H and O–H groups in total. The van der Waals surface area contributed by atoms with E-state index in [9.17, 15) is 18.7 Å². The lowest BCUT2D eigenvalue weighted by Crippen LogP contribution is -2.45. The summed E-state index contributed by atoms with van der Waals surface area (Å²) < 4.78 is 26.1. The van der Waals surface area contributed by atoms with Crippen LogP contribution < -0.4 is 5.32 Å². The second-order valence-electron chi connectivity index (χ2n) is 4.77. The topological polar surface area (TPSA) is 49.3 Å². The number of amides is 1. The number of rotatable bonds is 3. The molecule has 0 radical (unpaired) electrons. The molecule has 1 aliphatic heterocycles. The van der Waals surface area contributed by atoms with Crippen molar-refractivity contribution in [3.63, 3.8) is 0 Å². The summed E-state index contributed by atoms with van der Waals surface area (Å²) in [7, 11) is 0. The van der Waals surface area contributed by atoms with Crippen LogP contribution in [0.1, 0.15) is 23.2 Å². The number of benzene rings is 1. The number of carbonyl (C=O) groups is 1. The van der Waals surface area contributed by atoms with Crippen molar-refractivity contribution >= 4 is 29.3 Å². The number of halogens is 3. The first kappa shape index (κ1) is 15.5. The number of hydrogen-bond acceptors (Lipinski definition) is 3. The maximum atomic E-state index is 13.1. The number of thioether (sulfide) groups is 1. The smallest absolute Gasteiger partial charge is 0.253 e. The molecule has 0 saturated carbocycles. The van der Waals surface area contributed by atoms with Crippen LogP contribution in [0, 0.1) is 11.6 Å². The van der Waals surface area contributed by atoms with Crippen molar-refractivity contribution in [1.82, 2.24) is 5.32 Å². The standard InChI is InChI=1S/C13H14ClF2NO2S/c14-9-6-11(16)10(15)5-8(9)12(18)17-7-13(19)1-3-20-4-2-13/h5-6,19H,1-4,7H2,(H,17,18). The molecular formula is C13H14ClF2NO2S. The second-order valence-corrected chi connectivity index (χ2v) is 6.40. The third kappa shape index (κ3) is 3.62. The summed E-state index contributed by atoms with van der Waals surface area (Å²) in [6, 6.07) is 1.52. The molecule has 0 atom stereocenters. The van der Waals surface area contributed by atoms with E-state index in [0.29, 0.717) is 12.8 Å². The van der Waals surface area contributed by atoms with Crippen LogP contribution in [0.5, 0.6) is 0 Å². The quantitative estimate of drug-likeness (QED) is 0.841. The third-order valence-corrected chi connectivity index (χ3v) is 4.55. The molecule has 110 valence electrons. The lowest BCUT2D eigenvalue weighted by Gasteiger charge is -2.31. The van der Waals surface area contributed by atoms with Crippen LogP contribution in [-0.4, -0.2) is 34.7 Å². The Morgan fingerprint density at radius 3 is 2.60 bits per heavy atom. The Labute approximate surface area is 124 Å². The van der Waals surface area contributed by atoms with Gasteiger partial charge in [-0.05, 0) is 36.5 Å². The molecule has 3 nitrogen and oxygen atoms in total. The molecule has 0 aromatic heterocycles. The molecule has 1 heterocycles. The summed E-state index contributed by atoms with van der Waals surface area (Å²) in [5.74, 6) is -1.20. The monoisotopic (exact) mass is 321 g/mol. The van der Waals surface area contributed by atoms with Gasteiger partial charge in [0.25, 0.3) is 5.91 Å². The van der Waals surface area contributed by atoms with Crippen LogP contribution in [0.4, 0.5) is 8.78 Å². The molecule has 1 aromatic carbocycles. The zero-order valence-corrected chi connectivity index (χ0v) is 12.2. The molecule has 1 aliphatic rings. The highest BCUT2D eigenvalue weighted by Crippen LogP contribution is 2.26.